The summed E-state index contributed by atoms with van der Waals surface area (Å²) >= 11 is 7.65. The van der Waals surface area contributed by atoms with Gasteiger partial charge in [0, 0.05) is 34.3 Å². The monoisotopic (exact) mass is 418 g/mol. The topological polar surface area (TPSA) is 49.4 Å². The van der Waals surface area contributed by atoms with E-state index in [1.54, 1.807) is 11.3 Å². The second-order valence-corrected chi connectivity index (χ2v) is 9.74. The van der Waals surface area contributed by atoms with Crippen LogP contribution in [-0.4, -0.2) is 29.8 Å². The molecule has 6 heteroatoms. The first-order valence-corrected chi connectivity index (χ1v) is 10.9. The molecule has 0 aliphatic carbocycles. The first-order valence-electron chi connectivity index (χ1n) is 9.64. The summed E-state index contributed by atoms with van der Waals surface area (Å²) in [5, 5.41) is 5.92. The molecule has 150 valence electrons. The number of nitrogens with one attached hydrogen (secondary N) is 1. The standard InChI is InChI=1S/C22H27ClN2O2S/c1-22(2,3)21(27)25-12-10-16(11-13-25)20(26)24-19(18-5-4-14-28-18)15-6-8-17(23)9-7-15/h4-9,14,16,19H,10-13H2,1-3H3,(H,24,26). The maximum Gasteiger partial charge on any atom is 0.227 e. The van der Waals surface area contributed by atoms with Crippen LogP contribution >= 0.6 is 22.9 Å². The molecule has 1 fully saturated rings. The maximum absolute atomic E-state index is 13.0. The fraction of sp³-hybridized carbons (Fsp3) is 0.455. The van der Waals surface area contributed by atoms with Crippen molar-refractivity contribution in [1.82, 2.24) is 10.2 Å². The van der Waals surface area contributed by atoms with Crippen molar-refractivity contribution in [2.24, 2.45) is 11.3 Å². The van der Waals surface area contributed by atoms with Crippen molar-refractivity contribution < 1.29 is 9.59 Å². The summed E-state index contributed by atoms with van der Waals surface area (Å²) in [6.45, 7) is 7.08. The average Bonchev–Trinajstić information content (AvgIpc) is 3.20. The molecule has 2 heterocycles. The minimum Gasteiger partial charge on any atom is -0.344 e. The zero-order valence-electron chi connectivity index (χ0n) is 16.6. The molecule has 0 spiro atoms. The Labute approximate surface area is 175 Å². The van der Waals surface area contributed by atoms with Crippen LogP contribution in [0.2, 0.25) is 5.02 Å². The molecule has 1 unspecified atom stereocenters. The van der Waals surface area contributed by atoms with E-state index in [-0.39, 0.29) is 29.2 Å². The molecule has 28 heavy (non-hydrogen) atoms. The molecule has 1 saturated heterocycles. The number of amides is 2. The van der Waals surface area contributed by atoms with Crippen LogP contribution in [0.4, 0.5) is 0 Å². The molecule has 4 nitrogen and oxygen atoms in total. The molecule has 1 aromatic heterocycles. The van der Waals surface area contributed by atoms with Crippen molar-refractivity contribution >= 4 is 34.8 Å². The molecule has 3 rings (SSSR count). The number of piperidine rings is 1. The van der Waals surface area contributed by atoms with Gasteiger partial charge < -0.3 is 10.2 Å². The summed E-state index contributed by atoms with van der Waals surface area (Å²) in [5.74, 6) is 0.138. The van der Waals surface area contributed by atoms with Gasteiger partial charge in [0.2, 0.25) is 11.8 Å². The molecule has 0 saturated carbocycles. The third-order valence-electron chi connectivity index (χ3n) is 5.11. The summed E-state index contributed by atoms with van der Waals surface area (Å²) in [6, 6.07) is 11.5. The number of likely N-dealkylation sites (tertiary alicyclic amines) is 1. The van der Waals surface area contributed by atoms with Crippen LogP contribution in [0.3, 0.4) is 0 Å². The molecule has 1 aromatic carbocycles. The van der Waals surface area contributed by atoms with E-state index in [0.717, 1.165) is 10.4 Å². The largest absolute Gasteiger partial charge is 0.344 e. The number of nitrogens with zero attached hydrogens (tertiary/aromatic N) is 1. The summed E-state index contributed by atoms with van der Waals surface area (Å²) in [7, 11) is 0. The van der Waals surface area contributed by atoms with E-state index >= 15 is 0 Å². The lowest BCUT2D eigenvalue weighted by molar-refractivity contribution is -0.142. The number of benzene rings is 1. The van der Waals surface area contributed by atoms with Crippen molar-refractivity contribution in [3.8, 4) is 0 Å². The number of hydrogen-bond acceptors (Lipinski definition) is 3. The van der Waals surface area contributed by atoms with Crippen molar-refractivity contribution in [1.29, 1.82) is 0 Å². The van der Waals surface area contributed by atoms with Crippen LogP contribution in [0.25, 0.3) is 0 Å². The third kappa shape index (κ3) is 4.95. The summed E-state index contributed by atoms with van der Waals surface area (Å²) in [5.41, 5.74) is 0.633. The first-order chi connectivity index (χ1) is 13.3. The van der Waals surface area contributed by atoms with Crippen LogP contribution < -0.4 is 5.32 Å². The second kappa shape index (κ2) is 8.66. The predicted octanol–water partition coefficient (Wildman–Crippen LogP) is 4.89. The molecule has 1 N–H and O–H groups in total. The third-order valence-corrected chi connectivity index (χ3v) is 6.30. The zero-order chi connectivity index (χ0) is 20.3. The quantitative estimate of drug-likeness (QED) is 0.768. The number of rotatable bonds is 4. The molecule has 1 atom stereocenters. The summed E-state index contributed by atoms with van der Waals surface area (Å²) < 4.78 is 0. The van der Waals surface area contributed by atoms with Crippen LogP contribution in [0, 0.1) is 11.3 Å². The van der Waals surface area contributed by atoms with Gasteiger partial charge in [0.1, 0.15) is 0 Å². The van der Waals surface area contributed by atoms with Gasteiger partial charge in [-0.2, -0.15) is 0 Å². The predicted molar refractivity (Wildman–Crippen MR) is 115 cm³/mol. The highest BCUT2D eigenvalue weighted by Gasteiger charge is 2.33. The minimum atomic E-state index is -0.381. The highest BCUT2D eigenvalue weighted by molar-refractivity contribution is 7.10. The molecule has 2 amide bonds. The second-order valence-electron chi connectivity index (χ2n) is 8.33. The first kappa shape index (κ1) is 20.9. The van der Waals surface area contributed by atoms with E-state index in [4.69, 9.17) is 11.6 Å². The van der Waals surface area contributed by atoms with E-state index in [0.29, 0.717) is 31.0 Å². The lowest BCUT2D eigenvalue weighted by Gasteiger charge is -2.35. The molecular weight excluding hydrogens is 392 g/mol. The average molecular weight is 419 g/mol. The van der Waals surface area contributed by atoms with Crippen LogP contribution in [0.1, 0.15) is 50.1 Å². The Bertz CT molecular complexity index is 804. The van der Waals surface area contributed by atoms with E-state index in [2.05, 4.69) is 5.32 Å². The summed E-state index contributed by atoms with van der Waals surface area (Å²) in [6.07, 6.45) is 1.40. The Morgan fingerprint density at radius 3 is 2.32 bits per heavy atom. The van der Waals surface area contributed by atoms with Gasteiger partial charge in [0.05, 0.1) is 6.04 Å². The van der Waals surface area contributed by atoms with E-state index in [1.165, 1.54) is 0 Å². The highest BCUT2D eigenvalue weighted by atomic mass is 35.5. The molecule has 2 aromatic rings. The lowest BCUT2D eigenvalue weighted by atomic mass is 9.90. The van der Waals surface area contributed by atoms with Gasteiger partial charge in [-0.15, -0.1) is 11.3 Å². The highest BCUT2D eigenvalue weighted by Crippen LogP contribution is 2.29. The van der Waals surface area contributed by atoms with Crippen molar-refractivity contribution in [3.05, 3.63) is 57.2 Å². The number of thiophene rings is 1. The van der Waals surface area contributed by atoms with E-state index in [1.807, 2.05) is 67.4 Å². The molecule has 1 aliphatic rings. The van der Waals surface area contributed by atoms with Gasteiger partial charge >= 0.3 is 0 Å². The SMILES string of the molecule is CC(C)(C)C(=O)N1CCC(C(=O)NC(c2ccc(Cl)cc2)c2cccs2)CC1. The zero-order valence-corrected chi connectivity index (χ0v) is 18.1. The Kier molecular flexibility index (Phi) is 6.46. The Morgan fingerprint density at radius 2 is 1.79 bits per heavy atom. The van der Waals surface area contributed by atoms with Crippen molar-refractivity contribution in [2.75, 3.05) is 13.1 Å². The van der Waals surface area contributed by atoms with Crippen molar-refractivity contribution in [3.63, 3.8) is 0 Å². The Hall–Kier alpha value is -1.85. The van der Waals surface area contributed by atoms with E-state index in [9.17, 15) is 9.59 Å². The molecule has 0 bridgehead atoms. The van der Waals surface area contributed by atoms with Crippen molar-refractivity contribution in [2.45, 2.75) is 39.7 Å². The van der Waals surface area contributed by atoms with Crippen LogP contribution in [-0.2, 0) is 9.59 Å². The number of halogens is 1. The Morgan fingerprint density at radius 1 is 1.14 bits per heavy atom. The summed E-state index contributed by atoms with van der Waals surface area (Å²) in [4.78, 5) is 28.4. The van der Waals surface area contributed by atoms with E-state index < -0.39 is 0 Å². The number of carbonyl (C=O) groups excluding carboxylic acids is 2. The lowest BCUT2D eigenvalue weighted by Crippen LogP contribution is -2.47. The smallest absolute Gasteiger partial charge is 0.227 e. The van der Waals surface area contributed by atoms with Gasteiger partial charge in [0.15, 0.2) is 0 Å². The number of carbonyl (C=O) groups is 2. The molecule has 1 aliphatic heterocycles. The Balaban J connectivity index is 1.67. The van der Waals surface area contributed by atoms with Gasteiger partial charge in [-0.05, 0) is 42.0 Å². The van der Waals surface area contributed by atoms with Gasteiger partial charge in [-0.25, -0.2) is 0 Å². The van der Waals surface area contributed by atoms with Crippen LogP contribution in [0.15, 0.2) is 41.8 Å². The molecule has 0 radical (unpaired) electrons. The normalized spacial score (nSPS) is 16.6. The maximum atomic E-state index is 13.0. The van der Waals surface area contributed by atoms with Gasteiger partial charge in [-0.1, -0.05) is 50.6 Å². The molecular formula is C22H27ClN2O2S. The van der Waals surface area contributed by atoms with Crippen LogP contribution in [0.5, 0.6) is 0 Å². The van der Waals surface area contributed by atoms with Gasteiger partial charge in [0.25, 0.3) is 0 Å². The van der Waals surface area contributed by atoms with Gasteiger partial charge in [-0.3, -0.25) is 9.59 Å². The fourth-order valence-corrected chi connectivity index (χ4v) is 4.44. The fourth-order valence-electron chi connectivity index (χ4n) is 3.51. The number of hydrogen-bond donors (Lipinski definition) is 1. The minimum absolute atomic E-state index is 0.0520.